The van der Waals surface area contributed by atoms with Crippen LogP contribution in [0.1, 0.15) is 24.8 Å². The number of benzene rings is 1. The molecule has 1 unspecified atom stereocenters. The molecule has 1 atom stereocenters. The highest BCUT2D eigenvalue weighted by atomic mass is 15.2. The molecule has 2 aliphatic heterocycles. The Morgan fingerprint density at radius 1 is 0.952 bits per heavy atom. The molecule has 2 aliphatic rings. The summed E-state index contributed by atoms with van der Waals surface area (Å²) in [5.41, 5.74) is 1.46. The highest BCUT2D eigenvalue weighted by Gasteiger charge is 2.21. The summed E-state index contributed by atoms with van der Waals surface area (Å²) in [6.07, 6.45) is 5.30. The Hall–Kier alpha value is -0.900. The van der Waals surface area contributed by atoms with Gasteiger partial charge in [0, 0.05) is 32.2 Å². The maximum Gasteiger partial charge on any atom is 0.0207 e. The summed E-state index contributed by atoms with van der Waals surface area (Å²) in [7, 11) is 0. The normalized spacial score (nSPS) is 23.9. The zero-order chi connectivity index (χ0) is 14.3. The van der Waals surface area contributed by atoms with E-state index < -0.39 is 0 Å². The van der Waals surface area contributed by atoms with Crippen molar-refractivity contribution in [3.05, 3.63) is 35.9 Å². The lowest BCUT2D eigenvalue weighted by atomic mass is 10.1. The zero-order valence-electron chi connectivity index (χ0n) is 13.1. The summed E-state index contributed by atoms with van der Waals surface area (Å²) < 4.78 is 0. The van der Waals surface area contributed by atoms with E-state index in [1.54, 1.807) is 0 Å². The Morgan fingerprint density at radius 3 is 2.57 bits per heavy atom. The minimum Gasteiger partial charge on any atom is -0.311 e. The minimum absolute atomic E-state index is 0.711. The lowest BCUT2D eigenvalue weighted by Gasteiger charge is -2.19. The van der Waals surface area contributed by atoms with Crippen LogP contribution < -0.4 is 5.32 Å². The predicted molar refractivity (Wildman–Crippen MR) is 88.7 cm³/mol. The van der Waals surface area contributed by atoms with Crippen LogP contribution in [0.5, 0.6) is 0 Å². The quantitative estimate of drug-likeness (QED) is 0.827. The third-order valence-electron chi connectivity index (χ3n) is 4.89. The fraction of sp³-hybridized carbons (Fsp3) is 0.667. The lowest BCUT2D eigenvalue weighted by molar-refractivity contribution is 0.313. The van der Waals surface area contributed by atoms with Gasteiger partial charge in [0.1, 0.15) is 0 Å². The number of nitrogens with one attached hydrogen (secondary N) is 1. The summed E-state index contributed by atoms with van der Waals surface area (Å²) in [6.45, 7) is 8.72. The van der Waals surface area contributed by atoms with Crippen LogP contribution >= 0.6 is 0 Å². The molecule has 1 aromatic rings. The van der Waals surface area contributed by atoms with Gasteiger partial charge in [-0.15, -0.1) is 0 Å². The first kappa shape index (κ1) is 15.0. The van der Waals surface area contributed by atoms with Crippen molar-refractivity contribution in [2.75, 3.05) is 45.8 Å². The van der Waals surface area contributed by atoms with Gasteiger partial charge in [-0.2, -0.15) is 0 Å². The first-order chi connectivity index (χ1) is 10.4. The zero-order valence-corrected chi connectivity index (χ0v) is 13.1. The van der Waals surface area contributed by atoms with E-state index in [9.17, 15) is 0 Å². The monoisotopic (exact) mass is 287 g/mol. The molecular weight excluding hydrogens is 258 g/mol. The first-order valence-electron chi connectivity index (χ1n) is 8.62. The van der Waals surface area contributed by atoms with E-state index in [0.717, 1.165) is 6.54 Å². The molecule has 21 heavy (non-hydrogen) atoms. The molecule has 116 valence electrons. The molecule has 0 amide bonds. The summed E-state index contributed by atoms with van der Waals surface area (Å²) in [4.78, 5) is 5.20. The average molecular weight is 287 g/mol. The third-order valence-corrected chi connectivity index (χ3v) is 4.89. The SMILES string of the molecule is c1ccc(CCN2CCC(NCCN3CCCC3)C2)cc1. The topological polar surface area (TPSA) is 18.5 Å². The van der Waals surface area contributed by atoms with Gasteiger partial charge in [0.05, 0.1) is 0 Å². The van der Waals surface area contributed by atoms with Crippen LogP contribution in [-0.4, -0.2) is 61.7 Å². The molecular formula is C18H29N3. The van der Waals surface area contributed by atoms with Crippen LogP contribution in [0.4, 0.5) is 0 Å². The average Bonchev–Trinajstić information content (AvgIpc) is 3.18. The Bertz CT molecular complexity index is 400. The highest BCUT2D eigenvalue weighted by Crippen LogP contribution is 2.11. The molecule has 0 aromatic heterocycles. The standard InChI is InChI=1S/C18H29N3/c1-2-6-17(7-3-1)8-13-21-14-9-18(16-21)19-10-15-20-11-4-5-12-20/h1-3,6-7,18-19H,4-5,8-16H2. The van der Waals surface area contributed by atoms with Gasteiger partial charge in [-0.3, -0.25) is 0 Å². The van der Waals surface area contributed by atoms with Crippen LogP contribution in [0.25, 0.3) is 0 Å². The van der Waals surface area contributed by atoms with E-state index in [0.29, 0.717) is 6.04 Å². The van der Waals surface area contributed by atoms with Crippen molar-refractivity contribution < 1.29 is 0 Å². The van der Waals surface area contributed by atoms with Crippen molar-refractivity contribution in [1.82, 2.24) is 15.1 Å². The lowest BCUT2D eigenvalue weighted by Crippen LogP contribution is -2.38. The Kier molecular flexibility index (Phi) is 5.67. The van der Waals surface area contributed by atoms with Crippen LogP contribution in [-0.2, 0) is 6.42 Å². The molecule has 3 nitrogen and oxygen atoms in total. The van der Waals surface area contributed by atoms with Gasteiger partial charge in [-0.25, -0.2) is 0 Å². The van der Waals surface area contributed by atoms with Gasteiger partial charge in [-0.1, -0.05) is 30.3 Å². The van der Waals surface area contributed by atoms with E-state index >= 15 is 0 Å². The fourth-order valence-corrected chi connectivity index (χ4v) is 3.57. The number of hydrogen-bond acceptors (Lipinski definition) is 3. The van der Waals surface area contributed by atoms with Gasteiger partial charge < -0.3 is 15.1 Å². The second kappa shape index (κ2) is 7.92. The number of nitrogens with zero attached hydrogens (tertiary/aromatic N) is 2. The molecule has 0 spiro atoms. The second-order valence-electron chi connectivity index (χ2n) is 6.52. The molecule has 2 heterocycles. The van der Waals surface area contributed by atoms with Crippen LogP contribution in [0.15, 0.2) is 30.3 Å². The second-order valence-corrected chi connectivity index (χ2v) is 6.52. The molecule has 2 fully saturated rings. The van der Waals surface area contributed by atoms with Gasteiger partial charge in [0.2, 0.25) is 0 Å². The van der Waals surface area contributed by atoms with Crippen molar-refractivity contribution in [3.8, 4) is 0 Å². The summed E-state index contributed by atoms with van der Waals surface area (Å²) in [5.74, 6) is 0. The van der Waals surface area contributed by atoms with Crippen molar-refractivity contribution in [1.29, 1.82) is 0 Å². The van der Waals surface area contributed by atoms with E-state index in [1.807, 2.05) is 0 Å². The third kappa shape index (κ3) is 4.80. The Morgan fingerprint density at radius 2 is 1.76 bits per heavy atom. The van der Waals surface area contributed by atoms with Gasteiger partial charge in [0.25, 0.3) is 0 Å². The van der Waals surface area contributed by atoms with Gasteiger partial charge in [-0.05, 0) is 50.9 Å². The minimum atomic E-state index is 0.711. The summed E-state index contributed by atoms with van der Waals surface area (Å²) in [6, 6.07) is 11.6. The molecule has 0 saturated carbocycles. The molecule has 3 heteroatoms. The smallest absolute Gasteiger partial charge is 0.0207 e. The molecule has 0 aliphatic carbocycles. The number of rotatable bonds is 7. The first-order valence-corrected chi connectivity index (χ1v) is 8.62. The summed E-state index contributed by atoms with van der Waals surface area (Å²) in [5, 5.41) is 3.75. The van der Waals surface area contributed by atoms with Crippen molar-refractivity contribution in [2.45, 2.75) is 31.7 Å². The molecule has 1 aromatic carbocycles. The maximum absolute atomic E-state index is 3.75. The summed E-state index contributed by atoms with van der Waals surface area (Å²) >= 11 is 0. The van der Waals surface area contributed by atoms with Gasteiger partial charge >= 0.3 is 0 Å². The molecule has 0 bridgehead atoms. The fourth-order valence-electron chi connectivity index (χ4n) is 3.57. The molecule has 2 saturated heterocycles. The largest absolute Gasteiger partial charge is 0.311 e. The van der Waals surface area contributed by atoms with Crippen LogP contribution in [0.2, 0.25) is 0 Å². The van der Waals surface area contributed by atoms with Crippen LogP contribution in [0.3, 0.4) is 0 Å². The van der Waals surface area contributed by atoms with Crippen LogP contribution in [0, 0.1) is 0 Å². The molecule has 1 N–H and O–H groups in total. The van der Waals surface area contributed by atoms with E-state index in [-0.39, 0.29) is 0 Å². The van der Waals surface area contributed by atoms with Crippen molar-refractivity contribution in [3.63, 3.8) is 0 Å². The highest BCUT2D eigenvalue weighted by molar-refractivity contribution is 5.14. The van der Waals surface area contributed by atoms with Crippen molar-refractivity contribution >= 4 is 0 Å². The Labute approximate surface area is 129 Å². The van der Waals surface area contributed by atoms with E-state index in [4.69, 9.17) is 0 Å². The molecule has 0 radical (unpaired) electrons. The predicted octanol–water partition coefficient (Wildman–Crippen LogP) is 1.99. The van der Waals surface area contributed by atoms with E-state index in [2.05, 4.69) is 45.4 Å². The van der Waals surface area contributed by atoms with E-state index in [1.165, 1.54) is 70.5 Å². The number of hydrogen-bond donors (Lipinski definition) is 1. The maximum atomic E-state index is 3.75. The van der Waals surface area contributed by atoms with Gasteiger partial charge in [0.15, 0.2) is 0 Å². The van der Waals surface area contributed by atoms with Crippen molar-refractivity contribution in [2.24, 2.45) is 0 Å². The Balaban J connectivity index is 1.30. The molecule has 3 rings (SSSR count). The number of likely N-dealkylation sites (tertiary alicyclic amines) is 2.